The molecule has 3 rings (SSSR count). The number of amides is 1. The molecule has 5 nitrogen and oxygen atoms in total. The van der Waals surface area contributed by atoms with Gasteiger partial charge >= 0.3 is 0 Å². The molecule has 1 aliphatic heterocycles. The summed E-state index contributed by atoms with van der Waals surface area (Å²) >= 11 is 6.10. The van der Waals surface area contributed by atoms with Crippen LogP contribution in [0.25, 0.3) is 0 Å². The highest BCUT2D eigenvalue weighted by Crippen LogP contribution is 2.26. The highest BCUT2D eigenvalue weighted by atomic mass is 35.5. The summed E-state index contributed by atoms with van der Waals surface area (Å²) in [6, 6.07) is 11.1. The molecule has 1 atom stereocenters. The third-order valence-corrected chi connectivity index (χ3v) is 4.25. The maximum atomic E-state index is 12.9. The van der Waals surface area contributed by atoms with E-state index in [9.17, 15) is 4.79 Å². The molecule has 0 aliphatic carbocycles. The number of piperazine rings is 1. The minimum atomic E-state index is -0.0376. The van der Waals surface area contributed by atoms with Gasteiger partial charge in [0.05, 0.1) is 11.7 Å². The van der Waals surface area contributed by atoms with Gasteiger partial charge in [0.1, 0.15) is 0 Å². The Bertz CT molecular complexity index is 706. The topological polar surface area (TPSA) is 71.2 Å². The van der Waals surface area contributed by atoms with Crippen molar-refractivity contribution in [3.63, 3.8) is 0 Å². The number of pyridine rings is 1. The monoisotopic (exact) mass is 330 g/mol. The molecule has 23 heavy (non-hydrogen) atoms. The first-order valence-electron chi connectivity index (χ1n) is 7.61. The number of benzene rings is 1. The first-order chi connectivity index (χ1) is 11.2. The molecule has 3 N–H and O–H groups in total. The molecule has 1 aromatic heterocycles. The average Bonchev–Trinajstić information content (AvgIpc) is 2.61. The lowest BCUT2D eigenvalue weighted by molar-refractivity contribution is 0.0634. The number of nitrogens with zero attached hydrogens (tertiary/aromatic N) is 2. The summed E-state index contributed by atoms with van der Waals surface area (Å²) in [4.78, 5) is 19.0. The van der Waals surface area contributed by atoms with Gasteiger partial charge in [0.25, 0.3) is 5.91 Å². The van der Waals surface area contributed by atoms with Crippen molar-refractivity contribution in [3.05, 3.63) is 64.4 Å². The van der Waals surface area contributed by atoms with E-state index in [4.69, 9.17) is 17.3 Å². The molecule has 0 radical (unpaired) electrons. The molecular formula is C17H19ClN4O. The van der Waals surface area contributed by atoms with Crippen LogP contribution in [0.15, 0.2) is 42.6 Å². The molecule has 1 aliphatic rings. The van der Waals surface area contributed by atoms with Gasteiger partial charge in [-0.2, -0.15) is 0 Å². The number of nitrogens with one attached hydrogen (secondary N) is 1. The van der Waals surface area contributed by atoms with Gasteiger partial charge in [0.2, 0.25) is 0 Å². The van der Waals surface area contributed by atoms with Gasteiger partial charge in [-0.25, -0.2) is 0 Å². The molecule has 0 bridgehead atoms. The summed E-state index contributed by atoms with van der Waals surface area (Å²) < 4.78 is 0. The van der Waals surface area contributed by atoms with E-state index in [2.05, 4.69) is 10.3 Å². The Hall–Kier alpha value is -1.95. The molecule has 0 saturated carbocycles. The van der Waals surface area contributed by atoms with Crippen molar-refractivity contribution in [1.29, 1.82) is 0 Å². The highest BCUT2D eigenvalue weighted by Gasteiger charge is 2.28. The minimum Gasteiger partial charge on any atom is -0.329 e. The van der Waals surface area contributed by atoms with Crippen molar-refractivity contribution in [1.82, 2.24) is 15.2 Å². The maximum absolute atomic E-state index is 12.9. The van der Waals surface area contributed by atoms with Gasteiger partial charge in [-0.15, -0.1) is 0 Å². The quantitative estimate of drug-likeness (QED) is 0.902. The predicted octanol–water partition coefficient (Wildman–Crippen LogP) is 1.98. The molecule has 1 saturated heterocycles. The number of hydrogen-bond acceptors (Lipinski definition) is 4. The van der Waals surface area contributed by atoms with Crippen molar-refractivity contribution in [2.45, 2.75) is 12.6 Å². The zero-order chi connectivity index (χ0) is 16.2. The summed E-state index contributed by atoms with van der Waals surface area (Å²) in [7, 11) is 0. The number of carbonyl (C=O) groups is 1. The Morgan fingerprint density at radius 1 is 1.39 bits per heavy atom. The van der Waals surface area contributed by atoms with Gasteiger partial charge in [-0.05, 0) is 29.8 Å². The molecular weight excluding hydrogens is 312 g/mol. The second-order valence-corrected chi connectivity index (χ2v) is 5.95. The molecule has 2 heterocycles. The van der Waals surface area contributed by atoms with Crippen molar-refractivity contribution in [2.24, 2.45) is 5.73 Å². The van der Waals surface area contributed by atoms with E-state index in [0.717, 1.165) is 12.1 Å². The van der Waals surface area contributed by atoms with Gasteiger partial charge in [-0.1, -0.05) is 23.7 Å². The largest absolute Gasteiger partial charge is 0.329 e. The van der Waals surface area contributed by atoms with E-state index in [0.29, 0.717) is 35.9 Å². The molecule has 2 aromatic rings. The summed E-state index contributed by atoms with van der Waals surface area (Å²) in [6.07, 6.45) is 1.63. The fourth-order valence-corrected chi connectivity index (χ4v) is 3.05. The summed E-state index contributed by atoms with van der Waals surface area (Å²) in [5.74, 6) is -0.00595. The number of carbonyl (C=O) groups excluding carboxylic acids is 1. The molecule has 1 fully saturated rings. The second-order valence-electron chi connectivity index (χ2n) is 5.51. The fourth-order valence-electron chi connectivity index (χ4n) is 2.85. The Balaban J connectivity index is 1.90. The van der Waals surface area contributed by atoms with E-state index in [1.807, 2.05) is 29.2 Å². The van der Waals surface area contributed by atoms with Crippen LogP contribution in [-0.4, -0.2) is 35.4 Å². The van der Waals surface area contributed by atoms with E-state index < -0.39 is 0 Å². The number of rotatable bonds is 3. The first-order valence-corrected chi connectivity index (χ1v) is 7.99. The van der Waals surface area contributed by atoms with Crippen molar-refractivity contribution < 1.29 is 4.79 Å². The van der Waals surface area contributed by atoms with Crippen molar-refractivity contribution in [3.8, 4) is 0 Å². The van der Waals surface area contributed by atoms with E-state index in [1.54, 1.807) is 18.3 Å². The fraction of sp³-hybridized carbons (Fsp3) is 0.294. The van der Waals surface area contributed by atoms with Crippen LogP contribution in [0.5, 0.6) is 0 Å². The van der Waals surface area contributed by atoms with E-state index in [-0.39, 0.29) is 11.9 Å². The minimum absolute atomic E-state index is 0.00595. The standard InChI is InChI=1S/C17H19ClN4O/c18-14-3-1-2-12(8-14)16-11-20-6-7-22(16)17(23)13-4-5-21-15(9-13)10-19/h1-5,8-9,16,20H,6-7,10-11,19H2. The number of nitrogens with two attached hydrogens (primary N) is 1. The van der Waals surface area contributed by atoms with E-state index >= 15 is 0 Å². The zero-order valence-corrected chi connectivity index (χ0v) is 13.5. The highest BCUT2D eigenvalue weighted by molar-refractivity contribution is 6.30. The van der Waals surface area contributed by atoms with E-state index in [1.165, 1.54) is 0 Å². The second kappa shape index (κ2) is 7.08. The van der Waals surface area contributed by atoms with Crippen LogP contribution in [0.3, 0.4) is 0 Å². The summed E-state index contributed by atoms with van der Waals surface area (Å²) in [5, 5.41) is 4.02. The number of aromatic nitrogens is 1. The lowest BCUT2D eigenvalue weighted by Crippen LogP contribution is -2.48. The molecule has 6 heteroatoms. The van der Waals surface area contributed by atoms with Crippen LogP contribution in [0.4, 0.5) is 0 Å². The zero-order valence-electron chi connectivity index (χ0n) is 12.7. The van der Waals surface area contributed by atoms with Crippen molar-refractivity contribution >= 4 is 17.5 Å². The molecule has 0 spiro atoms. The maximum Gasteiger partial charge on any atom is 0.254 e. The first kappa shape index (κ1) is 15.9. The Morgan fingerprint density at radius 2 is 2.26 bits per heavy atom. The lowest BCUT2D eigenvalue weighted by Gasteiger charge is -2.36. The van der Waals surface area contributed by atoms with Crippen molar-refractivity contribution in [2.75, 3.05) is 19.6 Å². The SMILES string of the molecule is NCc1cc(C(=O)N2CCNCC2c2cccc(Cl)c2)ccn1. The molecule has 1 unspecified atom stereocenters. The van der Waals surface area contributed by atoms with Gasteiger partial charge in [0, 0.05) is 43.0 Å². The number of halogens is 1. The van der Waals surface area contributed by atoms with Gasteiger partial charge < -0.3 is 16.0 Å². The van der Waals surface area contributed by atoms with Crippen LogP contribution in [0.1, 0.15) is 27.7 Å². The third-order valence-electron chi connectivity index (χ3n) is 4.01. The predicted molar refractivity (Wildman–Crippen MR) is 90.2 cm³/mol. The third kappa shape index (κ3) is 3.52. The van der Waals surface area contributed by atoms with Crippen LogP contribution in [-0.2, 0) is 6.54 Å². The Kier molecular flexibility index (Phi) is 4.91. The van der Waals surface area contributed by atoms with Gasteiger partial charge in [0.15, 0.2) is 0 Å². The van der Waals surface area contributed by atoms with Crippen LogP contribution in [0.2, 0.25) is 5.02 Å². The van der Waals surface area contributed by atoms with Crippen LogP contribution >= 0.6 is 11.6 Å². The summed E-state index contributed by atoms with van der Waals surface area (Å²) in [6.45, 7) is 2.45. The summed E-state index contributed by atoms with van der Waals surface area (Å²) in [5.41, 5.74) is 7.99. The normalized spacial score (nSPS) is 18.0. The lowest BCUT2D eigenvalue weighted by atomic mass is 10.0. The van der Waals surface area contributed by atoms with Crippen LogP contribution in [0, 0.1) is 0 Å². The molecule has 1 aromatic carbocycles. The smallest absolute Gasteiger partial charge is 0.254 e. The Labute approximate surface area is 140 Å². The molecule has 1 amide bonds. The van der Waals surface area contributed by atoms with Gasteiger partial charge in [-0.3, -0.25) is 9.78 Å². The molecule has 120 valence electrons. The van der Waals surface area contributed by atoms with Crippen LogP contribution < -0.4 is 11.1 Å². The Morgan fingerprint density at radius 3 is 3.04 bits per heavy atom. The average molecular weight is 331 g/mol. The number of hydrogen-bond donors (Lipinski definition) is 2.